The number of amides is 2. The summed E-state index contributed by atoms with van der Waals surface area (Å²) < 4.78 is 4.49. The molecule has 1 aromatic heterocycles. The molecule has 94 valence electrons. The van der Waals surface area contributed by atoms with E-state index < -0.39 is 4.92 Å². The maximum absolute atomic E-state index is 11.5. The third-order valence-electron chi connectivity index (χ3n) is 2.31. The SMILES string of the molecule is CN(C)C(=O)Nc1nsc2c([N+](=O)[O-])cccc12. The van der Waals surface area contributed by atoms with Crippen LogP contribution in [-0.2, 0) is 0 Å². The quantitative estimate of drug-likeness (QED) is 0.667. The summed E-state index contributed by atoms with van der Waals surface area (Å²) in [6, 6.07) is 4.35. The van der Waals surface area contributed by atoms with E-state index in [-0.39, 0.29) is 11.7 Å². The number of anilines is 1. The Morgan fingerprint density at radius 3 is 2.83 bits per heavy atom. The lowest BCUT2D eigenvalue weighted by Gasteiger charge is -2.10. The smallest absolute Gasteiger partial charge is 0.322 e. The number of non-ortho nitro benzene ring substituents is 1. The zero-order valence-electron chi connectivity index (χ0n) is 9.71. The minimum absolute atomic E-state index is 0.00430. The Morgan fingerprint density at radius 2 is 2.22 bits per heavy atom. The van der Waals surface area contributed by atoms with Gasteiger partial charge in [-0.15, -0.1) is 0 Å². The largest absolute Gasteiger partial charge is 0.331 e. The lowest BCUT2D eigenvalue weighted by molar-refractivity contribution is -0.382. The van der Waals surface area contributed by atoms with E-state index in [0.29, 0.717) is 15.9 Å². The maximum atomic E-state index is 11.5. The Labute approximate surface area is 106 Å². The zero-order chi connectivity index (χ0) is 13.3. The van der Waals surface area contributed by atoms with Gasteiger partial charge in [-0.25, -0.2) is 4.79 Å². The average Bonchev–Trinajstić information content (AvgIpc) is 2.72. The minimum Gasteiger partial charge on any atom is -0.331 e. The lowest BCUT2D eigenvalue weighted by Crippen LogP contribution is -2.27. The van der Waals surface area contributed by atoms with Crippen LogP contribution in [-0.4, -0.2) is 34.3 Å². The van der Waals surface area contributed by atoms with Crippen molar-refractivity contribution in [2.24, 2.45) is 0 Å². The van der Waals surface area contributed by atoms with Gasteiger partial charge in [0.25, 0.3) is 5.69 Å². The topological polar surface area (TPSA) is 88.4 Å². The molecule has 1 N–H and O–H groups in total. The van der Waals surface area contributed by atoms with E-state index >= 15 is 0 Å². The molecule has 0 aliphatic heterocycles. The van der Waals surface area contributed by atoms with Crippen LogP contribution >= 0.6 is 11.5 Å². The highest BCUT2D eigenvalue weighted by Gasteiger charge is 2.18. The van der Waals surface area contributed by atoms with Crippen LogP contribution < -0.4 is 5.32 Å². The molecule has 0 saturated carbocycles. The van der Waals surface area contributed by atoms with Crippen molar-refractivity contribution in [1.29, 1.82) is 0 Å². The van der Waals surface area contributed by atoms with Crippen molar-refractivity contribution >= 4 is 39.2 Å². The monoisotopic (exact) mass is 266 g/mol. The van der Waals surface area contributed by atoms with E-state index in [1.807, 2.05) is 0 Å². The number of nitro groups is 1. The first-order chi connectivity index (χ1) is 8.50. The van der Waals surface area contributed by atoms with E-state index in [1.54, 1.807) is 26.2 Å². The Balaban J connectivity index is 2.46. The van der Waals surface area contributed by atoms with Crippen LogP contribution in [0.3, 0.4) is 0 Å². The summed E-state index contributed by atoms with van der Waals surface area (Å²) >= 11 is 0.998. The van der Waals surface area contributed by atoms with E-state index in [0.717, 1.165) is 11.5 Å². The van der Waals surface area contributed by atoms with E-state index in [4.69, 9.17) is 0 Å². The van der Waals surface area contributed by atoms with Crippen molar-refractivity contribution in [1.82, 2.24) is 9.27 Å². The Kier molecular flexibility index (Phi) is 3.11. The summed E-state index contributed by atoms with van der Waals surface area (Å²) in [5.41, 5.74) is -0.00430. The molecule has 2 rings (SSSR count). The van der Waals surface area contributed by atoms with Gasteiger partial charge >= 0.3 is 6.03 Å². The number of aromatic nitrogens is 1. The summed E-state index contributed by atoms with van der Waals surface area (Å²) in [5, 5.41) is 14.0. The van der Waals surface area contributed by atoms with E-state index in [1.165, 1.54) is 11.0 Å². The highest BCUT2D eigenvalue weighted by molar-refractivity contribution is 7.14. The van der Waals surface area contributed by atoms with Gasteiger partial charge in [-0.3, -0.25) is 15.4 Å². The van der Waals surface area contributed by atoms with Gasteiger partial charge in [0.2, 0.25) is 0 Å². The summed E-state index contributed by atoms with van der Waals surface area (Å²) in [7, 11) is 3.21. The van der Waals surface area contributed by atoms with Gasteiger partial charge < -0.3 is 4.90 Å². The minimum atomic E-state index is -0.460. The molecule has 2 amide bonds. The van der Waals surface area contributed by atoms with Gasteiger partial charge in [-0.05, 0) is 17.6 Å². The van der Waals surface area contributed by atoms with Crippen LogP contribution in [0.4, 0.5) is 16.3 Å². The molecule has 0 spiro atoms. The van der Waals surface area contributed by atoms with Gasteiger partial charge in [-0.2, -0.15) is 4.37 Å². The first-order valence-electron chi connectivity index (χ1n) is 5.02. The highest BCUT2D eigenvalue weighted by Crippen LogP contribution is 2.33. The molecule has 1 heterocycles. The molecular weight excluding hydrogens is 256 g/mol. The molecule has 2 aromatic rings. The summed E-state index contributed by atoms with van der Waals surface area (Å²) in [4.78, 5) is 23.3. The molecule has 0 bridgehead atoms. The van der Waals surface area contributed by atoms with Crippen LogP contribution in [0.1, 0.15) is 0 Å². The number of urea groups is 1. The fourth-order valence-electron chi connectivity index (χ4n) is 1.39. The van der Waals surface area contributed by atoms with Crippen LogP contribution in [0.2, 0.25) is 0 Å². The molecule has 0 aliphatic rings. The third-order valence-corrected chi connectivity index (χ3v) is 3.19. The van der Waals surface area contributed by atoms with Crippen molar-refractivity contribution in [2.45, 2.75) is 0 Å². The predicted octanol–water partition coefficient (Wildman–Crippen LogP) is 2.30. The number of carbonyl (C=O) groups is 1. The second-order valence-electron chi connectivity index (χ2n) is 3.77. The molecule has 7 nitrogen and oxygen atoms in total. The molecule has 0 radical (unpaired) electrons. The highest BCUT2D eigenvalue weighted by atomic mass is 32.1. The van der Waals surface area contributed by atoms with Gasteiger partial charge in [0.1, 0.15) is 4.70 Å². The number of nitro benzene ring substituents is 1. The van der Waals surface area contributed by atoms with Crippen molar-refractivity contribution in [3.05, 3.63) is 28.3 Å². The standard InChI is InChI=1S/C10H10N4O3S/c1-13(2)10(15)11-9-6-4-3-5-7(14(16)17)8(6)18-12-9/h3-5H,1-2H3,(H,11,12,15). The van der Waals surface area contributed by atoms with E-state index in [9.17, 15) is 14.9 Å². The molecule has 1 aromatic carbocycles. The first-order valence-corrected chi connectivity index (χ1v) is 5.79. The van der Waals surface area contributed by atoms with Crippen LogP contribution in [0.25, 0.3) is 10.1 Å². The first kappa shape index (κ1) is 12.2. The number of hydrogen-bond donors (Lipinski definition) is 1. The number of nitrogens with one attached hydrogen (secondary N) is 1. The molecule has 0 unspecified atom stereocenters. The van der Waals surface area contributed by atoms with Gasteiger partial charge in [0.15, 0.2) is 5.82 Å². The number of benzene rings is 1. The second kappa shape index (κ2) is 4.57. The fourth-order valence-corrected chi connectivity index (χ4v) is 2.22. The zero-order valence-corrected chi connectivity index (χ0v) is 10.5. The number of carbonyl (C=O) groups excluding carboxylic acids is 1. The van der Waals surface area contributed by atoms with Gasteiger partial charge in [0.05, 0.1) is 4.92 Å². The number of nitrogens with zero attached hydrogens (tertiary/aromatic N) is 3. The Hall–Kier alpha value is -2.22. The Morgan fingerprint density at radius 1 is 1.50 bits per heavy atom. The van der Waals surface area contributed by atoms with E-state index in [2.05, 4.69) is 9.69 Å². The Bertz CT molecular complexity index is 623. The lowest BCUT2D eigenvalue weighted by atomic mass is 10.2. The molecule has 0 fully saturated rings. The number of rotatable bonds is 2. The number of fused-ring (bicyclic) bond motifs is 1. The van der Waals surface area contributed by atoms with Crippen molar-refractivity contribution in [3.63, 3.8) is 0 Å². The molecule has 0 saturated heterocycles. The van der Waals surface area contributed by atoms with Gasteiger partial charge in [-0.1, -0.05) is 6.07 Å². The van der Waals surface area contributed by atoms with Gasteiger partial charge in [0, 0.05) is 25.5 Å². The maximum Gasteiger partial charge on any atom is 0.322 e. The van der Waals surface area contributed by atoms with Crippen molar-refractivity contribution in [2.75, 3.05) is 19.4 Å². The average molecular weight is 266 g/mol. The van der Waals surface area contributed by atoms with Crippen molar-refractivity contribution in [3.8, 4) is 0 Å². The van der Waals surface area contributed by atoms with Crippen LogP contribution in [0, 0.1) is 10.1 Å². The van der Waals surface area contributed by atoms with Crippen LogP contribution in [0.5, 0.6) is 0 Å². The molecular formula is C10H10N4O3S. The predicted molar refractivity (Wildman–Crippen MR) is 69.0 cm³/mol. The third kappa shape index (κ3) is 2.09. The summed E-state index contributed by atoms with van der Waals surface area (Å²) in [5.74, 6) is 0.345. The molecule has 18 heavy (non-hydrogen) atoms. The molecule has 8 heteroatoms. The number of hydrogen-bond acceptors (Lipinski definition) is 5. The van der Waals surface area contributed by atoms with Crippen LogP contribution in [0.15, 0.2) is 18.2 Å². The van der Waals surface area contributed by atoms with Crippen molar-refractivity contribution < 1.29 is 9.72 Å². The fraction of sp³-hybridized carbons (Fsp3) is 0.200. The molecule has 0 atom stereocenters. The summed E-state index contributed by atoms with van der Waals surface area (Å²) in [6.45, 7) is 0. The summed E-state index contributed by atoms with van der Waals surface area (Å²) in [6.07, 6.45) is 0. The molecule has 0 aliphatic carbocycles. The normalized spacial score (nSPS) is 10.3. The second-order valence-corrected chi connectivity index (χ2v) is 4.54.